The van der Waals surface area contributed by atoms with E-state index in [9.17, 15) is 4.79 Å². The van der Waals surface area contributed by atoms with Crippen LogP contribution >= 0.6 is 11.6 Å². The number of rotatable bonds is 5. The molecule has 2 heterocycles. The van der Waals surface area contributed by atoms with Gasteiger partial charge in [-0.15, -0.1) is 0 Å². The lowest BCUT2D eigenvalue weighted by molar-refractivity contribution is 0.305. The third kappa shape index (κ3) is 3.44. The van der Waals surface area contributed by atoms with Crippen molar-refractivity contribution in [2.45, 2.75) is 25.5 Å². The highest BCUT2D eigenvalue weighted by Crippen LogP contribution is 2.45. The number of fused-ring (bicyclic) bond motifs is 1. The van der Waals surface area contributed by atoms with Crippen molar-refractivity contribution >= 4 is 28.1 Å². The summed E-state index contributed by atoms with van der Waals surface area (Å²) in [4.78, 5) is 18.8. The van der Waals surface area contributed by atoms with E-state index in [1.807, 2.05) is 19.2 Å². The number of aryl methyl sites for hydroxylation is 1. The topological polar surface area (TPSA) is 90.3 Å². The second kappa shape index (κ2) is 7.83. The molecule has 0 atom stereocenters. The quantitative estimate of drug-likeness (QED) is 0.432. The number of hydrogen-bond donors (Lipinski definition) is 2. The molecule has 3 N–H and O–H groups in total. The minimum atomic E-state index is -0.165. The zero-order valence-corrected chi connectivity index (χ0v) is 18.1. The lowest BCUT2D eigenvalue weighted by Gasteiger charge is -2.14. The molecule has 1 aliphatic carbocycles. The number of aromatic amines is 1. The van der Waals surface area contributed by atoms with Gasteiger partial charge in [-0.05, 0) is 53.6 Å². The number of benzene rings is 2. The molecule has 0 radical (unpaired) electrons. The summed E-state index contributed by atoms with van der Waals surface area (Å²) in [6.45, 7) is 8.11. The molecule has 0 unspecified atom stereocenters. The van der Waals surface area contributed by atoms with Crippen LogP contribution in [0.1, 0.15) is 18.4 Å². The zero-order valence-electron chi connectivity index (χ0n) is 17.4. The Kier molecular flexibility index (Phi) is 4.97. The van der Waals surface area contributed by atoms with Gasteiger partial charge in [0.1, 0.15) is 5.75 Å². The Hall–Kier alpha value is -3.60. The Balaban J connectivity index is 1.73. The molecule has 160 valence electrons. The van der Waals surface area contributed by atoms with Crippen LogP contribution in [0.15, 0.2) is 47.5 Å². The van der Waals surface area contributed by atoms with Gasteiger partial charge >= 0.3 is 0 Å². The van der Waals surface area contributed by atoms with Gasteiger partial charge in [0, 0.05) is 41.3 Å². The van der Waals surface area contributed by atoms with Gasteiger partial charge in [-0.3, -0.25) is 9.48 Å². The van der Waals surface area contributed by atoms with Crippen LogP contribution in [0.4, 0.5) is 5.69 Å². The number of ether oxygens (including phenoxy) is 1. The van der Waals surface area contributed by atoms with E-state index >= 15 is 0 Å². The molecule has 1 aliphatic rings. The summed E-state index contributed by atoms with van der Waals surface area (Å²) in [6.07, 6.45) is 5.50. The van der Waals surface area contributed by atoms with Gasteiger partial charge in [-0.25, -0.2) is 4.85 Å². The predicted octanol–water partition coefficient (Wildman–Crippen LogP) is 4.80. The number of hydrogen-bond acceptors (Lipinski definition) is 4. The average molecular weight is 446 g/mol. The fourth-order valence-electron chi connectivity index (χ4n) is 3.95. The maximum Gasteiger partial charge on any atom is 0.255 e. The average Bonchev–Trinajstić information content (AvgIpc) is 3.52. The highest BCUT2D eigenvalue weighted by atomic mass is 35.5. The third-order valence-corrected chi connectivity index (χ3v) is 5.90. The van der Waals surface area contributed by atoms with Crippen LogP contribution in [0.25, 0.3) is 38.0 Å². The Morgan fingerprint density at radius 2 is 2.09 bits per heavy atom. The van der Waals surface area contributed by atoms with Crippen molar-refractivity contribution < 1.29 is 4.74 Å². The van der Waals surface area contributed by atoms with E-state index < -0.39 is 0 Å². The van der Waals surface area contributed by atoms with Crippen LogP contribution in [-0.2, 0) is 13.6 Å². The monoisotopic (exact) mass is 445 g/mol. The molecule has 0 bridgehead atoms. The van der Waals surface area contributed by atoms with E-state index in [0.717, 1.165) is 40.6 Å². The van der Waals surface area contributed by atoms with Gasteiger partial charge in [0.2, 0.25) is 5.69 Å². The highest BCUT2D eigenvalue weighted by Gasteiger charge is 2.27. The summed E-state index contributed by atoms with van der Waals surface area (Å²) in [7, 11) is 1.83. The molecule has 1 fully saturated rings. The Morgan fingerprint density at radius 1 is 1.28 bits per heavy atom. The molecule has 0 aliphatic heterocycles. The maximum atomic E-state index is 12.3. The molecule has 4 aromatic rings. The summed E-state index contributed by atoms with van der Waals surface area (Å²) < 4.78 is 7.70. The van der Waals surface area contributed by atoms with Crippen molar-refractivity contribution in [2.75, 3.05) is 0 Å². The van der Waals surface area contributed by atoms with Crippen molar-refractivity contribution in [1.29, 1.82) is 0 Å². The molecule has 32 heavy (non-hydrogen) atoms. The standard InChI is InChI=1S/C24H20ClN5O2/c1-27-22-19(8-15(25)9-21(22)32-16-4-5-16)23-20(12-29-30(23)2)13-3-6-17-18(7-13)14(10-26)11-28-24(17)31/h3,6-9,11-12,16H,4-5,10,26H2,2H3,(H,28,31). The Morgan fingerprint density at radius 3 is 2.81 bits per heavy atom. The Labute approximate surface area is 189 Å². The number of halogens is 1. The fraction of sp³-hybridized carbons (Fsp3) is 0.208. The van der Waals surface area contributed by atoms with Crippen molar-refractivity contribution in [3.8, 4) is 28.1 Å². The first-order chi connectivity index (χ1) is 15.5. The Bertz CT molecular complexity index is 1460. The number of nitrogens with zero attached hydrogens (tertiary/aromatic N) is 3. The highest BCUT2D eigenvalue weighted by molar-refractivity contribution is 6.31. The first kappa shape index (κ1) is 20.3. The summed E-state index contributed by atoms with van der Waals surface area (Å²) in [5.41, 5.74) is 10.1. The molecule has 0 amide bonds. The number of H-pyrrole nitrogens is 1. The van der Waals surface area contributed by atoms with Crippen LogP contribution in [0.2, 0.25) is 5.02 Å². The van der Waals surface area contributed by atoms with Crippen molar-refractivity contribution in [1.82, 2.24) is 14.8 Å². The van der Waals surface area contributed by atoms with Gasteiger partial charge in [-0.2, -0.15) is 5.10 Å². The van der Waals surface area contributed by atoms with Crippen molar-refractivity contribution in [3.05, 3.63) is 75.1 Å². The molecule has 1 saturated carbocycles. The maximum absolute atomic E-state index is 12.3. The van der Waals surface area contributed by atoms with E-state index in [-0.39, 0.29) is 11.7 Å². The van der Waals surface area contributed by atoms with E-state index in [2.05, 4.69) is 14.9 Å². The van der Waals surface area contributed by atoms with Gasteiger partial charge in [-0.1, -0.05) is 17.7 Å². The van der Waals surface area contributed by atoms with Crippen molar-refractivity contribution in [2.24, 2.45) is 12.8 Å². The van der Waals surface area contributed by atoms with Crippen LogP contribution in [0.5, 0.6) is 5.75 Å². The molecule has 8 heteroatoms. The molecular weight excluding hydrogens is 426 g/mol. The van der Waals surface area contributed by atoms with Gasteiger partial charge in [0.05, 0.1) is 24.6 Å². The largest absolute Gasteiger partial charge is 0.501 e. The van der Waals surface area contributed by atoms with E-state index in [1.54, 1.807) is 35.3 Å². The molecule has 2 aromatic heterocycles. The minimum Gasteiger partial charge on any atom is -0.501 e. The normalized spacial score (nSPS) is 13.3. The molecule has 5 rings (SSSR count). The van der Waals surface area contributed by atoms with Gasteiger partial charge in [0.15, 0.2) is 0 Å². The fourth-order valence-corrected chi connectivity index (χ4v) is 4.15. The van der Waals surface area contributed by atoms with E-state index in [4.69, 9.17) is 28.6 Å². The lowest BCUT2D eigenvalue weighted by atomic mass is 9.97. The SMILES string of the molecule is [C-]#[N+]c1c(OC2CC2)cc(Cl)cc1-c1c(-c2ccc3c(=O)[nH]cc(CN)c3c2)cnn1C. The first-order valence-electron chi connectivity index (χ1n) is 10.2. The minimum absolute atomic E-state index is 0.140. The first-order valence-corrected chi connectivity index (χ1v) is 10.6. The third-order valence-electron chi connectivity index (χ3n) is 5.68. The lowest BCUT2D eigenvalue weighted by Crippen LogP contribution is -2.09. The number of pyridine rings is 1. The molecule has 7 nitrogen and oxygen atoms in total. The molecule has 0 spiro atoms. The van der Waals surface area contributed by atoms with Crippen molar-refractivity contribution in [3.63, 3.8) is 0 Å². The van der Waals surface area contributed by atoms with Crippen LogP contribution in [0, 0.1) is 6.57 Å². The van der Waals surface area contributed by atoms with Crippen LogP contribution in [-0.4, -0.2) is 20.9 Å². The van der Waals surface area contributed by atoms with Gasteiger partial charge < -0.3 is 15.5 Å². The zero-order chi connectivity index (χ0) is 22.4. The second-order valence-corrected chi connectivity index (χ2v) is 8.30. The van der Waals surface area contributed by atoms with E-state index in [1.165, 1.54) is 0 Å². The molecular formula is C24H20ClN5O2. The number of aromatic nitrogens is 3. The number of nitrogens with two attached hydrogens (primary N) is 1. The summed E-state index contributed by atoms with van der Waals surface area (Å²) in [6, 6.07) is 9.07. The summed E-state index contributed by atoms with van der Waals surface area (Å²) in [5, 5.41) is 6.31. The van der Waals surface area contributed by atoms with Crippen LogP contribution in [0.3, 0.4) is 0 Å². The summed E-state index contributed by atoms with van der Waals surface area (Å²) >= 11 is 6.42. The van der Waals surface area contributed by atoms with E-state index in [0.29, 0.717) is 34.0 Å². The smallest absolute Gasteiger partial charge is 0.255 e. The summed E-state index contributed by atoms with van der Waals surface area (Å²) in [5.74, 6) is 0.493. The van der Waals surface area contributed by atoms with Gasteiger partial charge in [0.25, 0.3) is 5.56 Å². The second-order valence-electron chi connectivity index (χ2n) is 7.87. The molecule has 0 saturated heterocycles. The number of nitrogens with one attached hydrogen (secondary N) is 1. The predicted molar refractivity (Wildman–Crippen MR) is 125 cm³/mol. The van der Waals surface area contributed by atoms with Crippen LogP contribution < -0.4 is 16.0 Å². The molecule has 2 aromatic carbocycles.